The van der Waals surface area contributed by atoms with E-state index in [4.69, 9.17) is 25.4 Å². The summed E-state index contributed by atoms with van der Waals surface area (Å²) in [6.45, 7) is 4.57. The molecule has 3 fully saturated rings. The van der Waals surface area contributed by atoms with Crippen molar-refractivity contribution in [1.82, 2.24) is 24.4 Å². The lowest BCUT2D eigenvalue weighted by atomic mass is 9.92. The van der Waals surface area contributed by atoms with Crippen molar-refractivity contribution in [2.24, 2.45) is 5.73 Å². The fourth-order valence-electron chi connectivity index (χ4n) is 5.81. The third kappa shape index (κ3) is 5.33. The molecule has 3 aliphatic rings. The van der Waals surface area contributed by atoms with Gasteiger partial charge >= 0.3 is 0 Å². The molecule has 3 aromatic rings. The third-order valence-corrected chi connectivity index (χ3v) is 7.97. The smallest absolute Gasteiger partial charge is 0.227 e. The van der Waals surface area contributed by atoms with Crippen LogP contribution in [0, 0.1) is 0 Å². The number of anilines is 3. The quantitative estimate of drug-likeness (QED) is 0.453. The Bertz CT molecular complexity index is 1140. The molecule has 2 aliphatic carbocycles. The van der Waals surface area contributed by atoms with E-state index in [0.29, 0.717) is 24.1 Å². The number of nitrogens with zero attached hydrogens (tertiary/aromatic N) is 5. The van der Waals surface area contributed by atoms with E-state index in [0.717, 1.165) is 81.2 Å². The molecule has 1 aliphatic heterocycles. The number of imidazole rings is 1. The molecule has 0 amide bonds. The van der Waals surface area contributed by atoms with Crippen molar-refractivity contribution < 1.29 is 4.74 Å². The minimum atomic E-state index is 0.318. The van der Waals surface area contributed by atoms with Gasteiger partial charge in [0.05, 0.1) is 19.5 Å². The highest BCUT2D eigenvalue weighted by Crippen LogP contribution is 2.34. The average Bonchev–Trinajstić information content (AvgIpc) is 3.58. The Kier molecular flexibility index (Phi) is 7.03. The summed E-state index contributed by atoms with van der Waals surface area (Å²) in [4.78, 5) is 17.1. The van der Waals surface area contributed by atoms with Crippen LogP contribution in [-0.2, 0) is 11.3 Å². The van der Waals surface area contributed by atoms with Crippen molar-refractivity contribution >= 4 is 28.6 Å². The van der Waals surface area contributed by atoms with Gasteiger partial charge in [-0.2, -0.15) is 9.97 Å². The van der Waals surface area contributed by atoms with E-state index in [9.17, 15) is 0 Å². The number of hydrogen-bond acceptors (Lipinski definition) is 8. The minimum absolute atomic E-state index is 0.318. The SMILES string of the molecule is NC1CCC(Nc2nc(Nc3ccc(CN4CCOCC4)cc3)c3ncn(C4CCCC4)c3n2)CC1. The van der Waals surface area contributed by atoms with Crippen LogP contribution in [0.2, 0.25) is 0 Å². The first kappa shape index (κ1) is 23.6. The number of nitrogens with one attached hydrogen (secondary N) is 2. The molecule has 3 heterocycles. The summed E-state index contributed by atoms with van der Waals surface area (Å²) in [5.41, 5.74) is 10.2. The van der Waals surface area contributed by atoms with Gasteiger partial charge in [0.2, 0.25) is 5.95 Å². The van der Waals surface area contributed by atoms with Gasteiger partial charge in [-0.05, 0) is 56.2 Å². The van der Waals surface area contributed by atoms with Crippen LogP contribution >= 0.6 is 0 Å². The monoisotopic (exact) mass is 490 g/mol. The Morgan fingerprint density at radius 3 is 2.44 bits per heavy atom. The van der Waals surface area contributed by atoms with Crippen molar-refractivity contribution in [2.45, 2.75) is 76.0 Å². The Morgan fingerprint density at radius 1 is 0.944 bits per heavy atom. The van der Waals surface area contributed by atoms with Gasteiger partial charge < -0.3 is 25.7 Å². The van der Waals surface area contributed by atoms with E-state index in [-0.39, 0.29) is 0 Å². The Labute approximate surface area is 212 Å². The highest BCUT2D eigenvalue weighted by molar-refractivity contribution is 5.86. The van der Waals surface area contributed by atoms with Crippen LogP contribution in [0.15, 0.2) is 30.6 Å². The number of fused-ring (bicyclic) bond motifs is 1. The van der Waals surface area contributed by atoms with Crippen molar-refractivity contribution in [1.29, 1.82) is 0 Å². The summed E-state index contributed by atoms with van der Waals surface area (Å²) < 4.78 is 7.74. The summed E-state index contributed by atoms with van der Waals surface area (Å²) in [5, 5.41) is 7.15. The number of hydrogen-bond donors (Lipinski definition) is 3. The first-order chi connectivity index (χ1) is 17.7. The van der Waals surface area contributed by atoms with Crippen LogP contribution in [0.5, 0.6) is 0 Å². The molecule has 1 aromatic carbocycles. The van der Waals surface area contributed by atoms with Gasteiger partial charge in [0.25, 0.3) is 0 Å². The second-order valence-corrected chi connectivity index (χ2v) is 10.6. The van der Waals surface area contributed by atoms with Crippen LogP contribution in [0.1, 0.15) is 63.0 Å². The molecule has 4 N–H and O–H groups in total. The van der Waals surface area contributed by atoms with E-state index < -0.39 is 0 Å². The molecule has 2 aromatic heterocycles. The molecule has 9 heteroatoms. The molecule has 0 atom stereocenters. The molecule has 0 radical (unpaired) electrons. The van der Waals surface area contributed by atoms with Gasteiger partial charge in [0, 0.05) is 43.4 Å². The molecule has 6 rings (SSSR count). The van der Waals surface area contributed by atoms with Crippen molar-refractivity contribution in [3.05, 3.63) is 36.2 Å². The fraction of sp³-hybridized carbons (Fsp3) is 0.593. The van der Waals surface area contributed by atoms with Gasteiger partial charge in [-0.1, -0.05) is 25.0 Å². The lowest BCUT2D eigenvalue weighted by molar-refractivity contribution is 0.0342. The molecule has 36 heavy (non-hydrogen) atoms. The molecule has 0 unspecified atom stereocenters. The summed E-state index contributed by atoms with van der Waals surface area (Å²) in [5.74, 6) is 1.43. The lowest BCUT2D eigenvalue weighted by Gasteiger charge is -2.27. The highest BCUT2D eigenvalue weighted by Gasteiger charge is 2.24. The summed E-state index contributed by atoms with van der Waals surface area (Å²) in [6, 6.07) is 9.80. The molecule has 192 valence electrons. The van der Waals surface area contributed by atoms with E-state index in [2.05, 4.69) is 44.4 Å². The Hall–Kier alpha value is -2.75. The molecular weight excluding hydrogens is 452 g/mol. The van der Waals surface area contributed by atoms with Crippen LogP contribution in [0.25, 0.3) is 11.2 Å². The molecule has 2 saturated carbocycles. The highest BCUT2D eigenvalue weighted by atomic mass is 16.5. The molecule has 0 spiro atoms. The number of benzene rings is 1. The Morgan fingerprint density at radius 2 is 1.69 bits per heavy atom. The first-order valence-corrected chi connectivity index (χ1v) is 13.6. The van der Waals surface area contributed by atoms with Gasteiger partial charge in [-0.25, -0.2) is 4.98 Å². The lowest BCUT2D eigenvalue weighted by Crippen LogP contribution is -2.35. The number of rotatable bonds is 7. The molecule has 9 nitrogen and oxygen atoms in total. The van der Waals surface area contributed by atoms with Crippen molar-refractivity contribution in [2.75, 3.05) is 36.9 Å². The number of ether oxygens (including phenoxy) is 1. The summed E-state index contributed by atoms with van der Waals surface area (Å²) in [7, 11) is 0. The van der Waals surface area contributed by atoms with E-state index in [1.54, 1.807) is 0 Å². The minimum Gasteiger partial charge on any atom is -0.379 e. The van der Waals surface area contributed by atoms with Gasteiger partial charge in [0.1, 0.15) is 0 Å². The fourth-order valence-corrected chi connectivity index (χ4v) is 5.81. The second kappa shape index (κ2) is 10.7. The number of aromatic nitrogens is 4. The second-order valence-electron chi connectivity index (χ2n) is 10.6. The molecule has 1 saturated heterocycles. The predicted octanol–water partition coefficient (Wildman–Crippen LogP) is 4.20. The summed E-state index contributed by atoms with van der Waals surface area (Å²) in [6.07, 6.45) is 11.1. The van der Waals surface area contributed by atoms with Gasteiger partial charge in [-0.15, -0.1) is 0 Å². The zero-order chi connectivity index (χ0) is 24.3. The van der Waals surface area contributed by atoms with Crippen LogP contribution in [0.3, 0.4) is 0 Å². The van der Waals surface area contributed by atoms with E-state index in [1.165, 1.54) is 31.2 Å². The zero-order valence-corrected chi connectivity index (χ0v) is 21.0. The van der Waals surface area contributed by atoms with Crippen molar-refractivity contribution in [3.63, 3.8) is 0 Å². The Balaban J connectivity index is 1.25. The number of nitrogens with two attached hydrogens (primary N) is 1. The van der Waals surface area contributed by atoms with E-state index in [1.807, 2.05) is 6.33 Å². The predicted molar refractivity (Wildman–Crippen MR) is 143 cm³/mol. The maximum atomic E-state index is 6.12. The van der Waals surface area contributed by atoms with E-state index >= 15 is 0 Å². The average molecular weight is 491 g/mol. The molecular formula is C27H38N8O. The summed E-state index contributed by atoms with van der Waals surface area (Å²) >= 11 is 0. The third-order valence-electron chi connectivity index (χ3n) is 7.97. The number of morpholine rings is 1. The van der Waals surface area contributed by atoms with Gasteiger partial charge in [-0.3, -0.25) is 4.90 Å². The maximum Gasteiger partial charge on any atom is 0.227 e. The molecule has 0 bridgehead atoms. The zero-order valence-electron chi connectivity index (χ0n) is 21.0. The first-order valence-electron chi connectivity index (χ1n) is 13.6. The van der Waals surface area contributed by atoms with Crippen LogP contribution in [-0.4, -0.2) is 62.8 Å². The van der Waals surface area contributed by atoms with Crippen molar-refractivity contribution in [3.8, 4) is 0 Å². The van der Waals surface area contributed by atoms with Gasteiger partial charge in [0.15, 0.2) is 17.0 Å². The maximum absolute atomic E-state index is 6.12. The van der Waals surface area contributed by atoms with Crippen LogP contribution in [0.4, 0.5) is 17.5 Å². The normalized spacial score (nSPS) is 23.8. The van der Waals surface area contributed by atoms with Crippen LogP contribution < -0.4 is 16.4 Å². The topological polar surface area (TPSA) is 106 Å². The largest absolute Gasteiger partial charge is 0.379 e. The standard InChI is InChI=1S/C27H38N8O/c28-20-7-11-22(12-8-20)31-27-32-25(24-26(33-27)35(18-29-24)23-3-1-2-4-23)30-21-9-5-19(6-10-21)17-34-13-15-36-16-14-34/h5-6,9-10,18,20,22-23H,1-4,7-8,11-17,28H2,(H2,30,31,32,33).